The second-order valence-electron chi connectivity index (χ2n) is 5.56. The summed E-state index contributed by atoms with van der Waals surface area (Å²) in [5.74, 6) is 1.22. The molecule has 0 aliphatic carbocycles. The van der Waals surface area contributed by atoms with E-state index < -0.39 is 0 Å². The Hall–Kier alpha value is -3.81. The monoisotopic (exact) mass is 345 g/mol. The number of nitrogens with one attached hydrogen (secondary N) is 1. The number of pyridine rings is 1. The van der Waals surface area contributed by atoms with Crippen LogP contribution in [0.5, 0.6) is 0 Å². The second-order valence-corrected chi connectivity index (χ2v) is 5.56. The SMILES string of the molecule is Cc1nccn1-c1ccc(NC(=O)c2cnn(-c3ccccc3)n2)cn1. The number of imidazole rings is 1. The smallest absolute Gasteiger partial charge is 0.277 e. The van der Waals surface area contributed by atoms with E-state index in [9.17, 15) is 4.79 Å². The first-order valence-corrected chi connectivity index (χ1v) is 7.96. The fourth-order valence-corrected chi connectivity index (χ4v) is 2.47. The Morgan fingerprint density at radius 2 is 1.88 bits per heavy atom. The Bertz CT molecular complexity index is 1030. The van der Waals surface area contributed by atoms with E-state index in [0.29, 0.717) is 5.69 Å². The van der Waals surface area contributed by atoms with Crippen LogP contribution >= 0.6 is 0 Å². The van der Waals surface area contributed by atoms with Gasteiger partial charge in [0.25, 0.3) is 5.91 Å². The lowest BCUT2D eigenvalue weighted by atomic mass is 10.3. The number of anilines is 1. The highest BCUT2D eigenvalue weighted by molar-refractivity contribution is 6.02. The summed E-state index contributed by atoms with van der Waals surface area (Å²) in [5, 5.41) is 11.1. The number of nitrogens with zero attached hydrogens (tertiary/aromatic N) is 6. The third-order valence-corrected chi connectivity index (χ3v) is 3.79. The van der Waals surface area contributed by atoms with Gasteiger partial charge in [-0.1, -0.05) is 18.2 Å². The number of carbonyl (C=O) groups excluding carboxylic acids is 1. The summed E-state index contributed by atoms with van der Waals surface area (Å²) in [6, 6.07) is 13.0. The maximum atomic E-state index is 12.4. The molecular weight excluding hydrogens is 330 g/mol. The first kappa shape index (κ1) is 15.7. The highest BCUT2D eigenvalue weighted by Crippen LogP contribution is 2.12. The summed E-state index contributed by atoms with van der Waals surface area (Å²) >= 11 is 0. The van der Waals surface area contributed by atoms with E-state index in [1.807, 2.05) is 54.1 Å². The van der Waals surface area contributed by atoms with Crippen molar-refractivity contribution >= 4 is 11.6 Å². The minimum atomic E-state index is -0.347. The number of carbonyl (C=O) groups is 1. The molecule has 0 saturated heterocycles. The van der Waals surface area contributed by atoms with E-state index in [4.69, 9.17) is 0 Å². The Morgan fingerprint density at radius 3 is 2.58 bits per heavy atom. The first-order chi connectivity index (χ1) is 12.7. The van der Waals surface area contributed by atoms with E-state index in [1.54, 1.807) is 18.5 Å². The number of aryl methyl sites for hydroxylation is 1. The highest BCUT2D eigenvalue weighted by Gasteiger charge is 2.12. The van der Waals surface area contributed by atoms with Crippen LogP contribution in [0.2, 0.25) is 0 Å². The predicted octanol–water partition coefficient (Wildman–Crippen LogP) is 2.41. The fourth-order valence-electron chi connectivity index (χ4n) is 2.47. The molecular formula is C18H15N7O. The fraction of sp³-hybridized carbons (Fsp3) is 0.0556. The van der Waals surface area contributed by atoms with Crippen molar-refractivity contribution in [3.05, 3.63) is 78.8 Å². The van der Waals surface area contributed by atoms with Gasteiger partial charge in [-0.25, -0.2) is 9.97 Å². The lowest BCUT2D eigenvalue weighted by Gasteiger charge is -2.06. The van der Waals surface area contributed by atoms with Crippen LogP contribution in [0.1, 0.15) is 16.3 Å². The van der Waals surface area contributed by atoms with Crippen molar-refractivity contribution in [3.8, 4) is 11.5 Å². The van der Waals surface area contributed by atoms with Gasteiger partial charge in [0.15, 0.2) is 5.69 Å². The normalized spacial score (nSPS) is 10.7. The van der Waals surface area contributed by atoms with Gasteiger partial charge in [-0.05, 0) is 31.2 Å². The molecule has 0 radical (unpaired) electrons. The standard InChI is InChI=1S/C18H15N7O/c1-13-19-9-10-24(13)17-8-7-14(11-20-17)22-18(26)16-12-21-25(23-16)15-5-3-2-4-6-15/h2-12H,1H3,(H,22,26). The molecule has 0 bridgehead atoms. The van der Waals surface area contributed by atoms with Crippen molar-refractivity contribution in [1.82, 2.24) is 29.5 Å². The molecule has 0 fully saturated rings. The molecule has 4 aromatic rings. The molecule has 4 rings (SSSR count). The average molecular weight is 345 g/mol. The van der Waals surface area contributed by atoms with Crippen molar-refractivity contribution in [3.63, 3.8) is 0 Å². The molecule has 1 N–H and O–H groups in total. The Balaban J connectivity index is 1.48. The van der Waals surface area contributed by atoms with Crippen molar-refractivity contribution in [1.29, 1.82) is 0 Å². The summed E-state index contributed by atoms with van der Waals surface area (Å²) in [6.07, 6.45) is 6.56. The molecule has 3 aromatic heterocycles. The summed E-state index contributed by atoms with van der Waals surface area (Å²) in [5.41, 5.74) is 1.59. The molecule has 0 saturated carbocycles. The summed E-state index contributed by atoms with van der Waals surface area (Å²) < 4.78 is 1.86. The van der Waals surface area contributed by atoms with E-state index in [-0.39, 0.29) is 11.6 Å². The van der Waals surface area contributed by atoms with Gasteiger partial charge in [0, 0.05) is 12.4 Å². The minimum Gasteiger partial charge on any atom is -0.319 e. The van der Waals surface area contributed by atoms with Gasteiger partial charge < -0.3 is 5.32 Å². The average Bonchev–Trinajstić information content (AvgIpc) is 3.32. The van der Waals surface area contributed by atoms with Gasteiger partial charge in [0.2, 0.25) is 0 Å². The molecule has 0 unspecified atom stereocenters. The van der Waals surface area contributed by atoms with E-state index in [1.165, 1.54) is 11.0 Å². The zero-order valence-electron chi connectivity index (χ0n) is 13.9. The van der Waals surface area contributed by atoms with Gasteiger partial charge >= 0.3 is 0 Å². The van der Waals surface area contributed by atoms with Crippen molar-refractivity contribution in [2.24, 2.45) is 0 Å². The van der Waals surface area contributed by atoms with Crippen molar-refractivity contribution in [2.75, 3.05) is 5.32 Å². The largest absolute Gasteiger partial charge is 0.319 e. The number of para-hydroxylation sites is 1. The van der Waals surface area contributed by atoms with Crippen LogP contribution in [0.15, 0.2) is 67.3 Å². The van der Waals surface area contributed by atoms with E-state index in [2.05, 4.69) is 25.5 Å². The van der Waals surface area contributed by atoms with Gasteiger partial charge in [0.1, 0.15) is 11.6 Å². The van der Waals surface area contributed by atoms with Crippen LogP contribution < -0.4 is 5.32 Å². The lowest BCUT2D eigenvalue weighted by molar-refractivity contribution is 0.102. The molecule has 26 heavy (non-hydrogen) atoms. The van der Waals surface area contributed by atoms with Crippen LogP contribution in [0.3, 0.4) is 0 Å². The maximum absolute atomic E-state index is 12.4. The molecule has 0 aliphatic heterocycles. The van der Waals surface area contributed by atoms with Crippen molar-refractivity contribution in [2.45, 2.75) is 6.92 Å². The second kappa shape index (κ2) is 6.60. The van der Waals surface area contributed by atoms with Gasteiger partial charge in [-0.2, -0.15) is 9.90 Å². The summed E-state index contributed by atoms with van der Waals surface area (Å²) in [4.78, 5) is 22.3. The van der Waals surface area contributed by atoms with Crippen LogP contribution in [0.25, 0.3) is 11.5 Å². The minimum absolute atomic E-state index is 0.225. The number of hydrogen-bond acceptors (Lipinski definition) is 5. The molecule has 1 aromatic carbocycles. The number of aromatic nitrogens is 6. The quantitative estimate of drug-likeness (QED) is 0.613. The lowest BCUT2D eigenvalue weighted by Crippen LogP contribution is -2.13. The molecule has 8 nitrogen and oxygen atoms in total. The van der Waals surface area contributed by atoms with Gasteiger partial charge in [-0.3, -0.25) is 9.36 Å². The Kier molecular flexibility index (Phi) is 3.98. The Labute approximate surface area is 149 Å². The van der Waals surface area contributed by atoms with Gasteiger partial charge in [0.05, 0.1) is 23.8 Å². The summed E-state index contributed by atoms with van der Waals surface area (Å²) in [7, 11) is 0. The molecule has 8 heteroatoms. The number of hydrogen-bond donors (Lipinski definition) is 1. The van der Waals surface area contributed by atoms with Crippen LogP contribution in [0.4, 0.5) is 5.69 Å². The molecule has 1 amide bonds. The predicted molar refractivity (Wildman–Crippen MR) is 95.4 cm³/mol. The molecule has 0 spiro atoms. The van der Waals surface area contributed by atoms with Crippen LogP contribution in [0, 0.1) is 6.92 Å². The highest BCUT2D eigenvalue weighted by atomic mass is 16.2. The number of amides is 1. The van der Waals surface area contributed by atoms with E-state index in [0.717, 1.165) is 17.3 Å². The van der Waals surface area contributed by atoms with E-state index >= 15 is 0 Å². The number of rotatable bonds is 4. The zero-order valence-corrected chi connectivity index (χ0v) is 13.9. The Morgan fingerprint density at radius 1 is 1.04 bits per heavy atom. The topological polar surface area (TPSA) is 90.5 Å². The summed E-state index contributed by atoms with van der Waals surface area (Å²) in [6.45, 7) is 1.90. The van der Waals surface area contributed by atoms with Crippen molar-refractivity contribution < 1.29 is 4.79 Å². The molecule has 3 heterocycles. The molecule has 0 atom stereocenters. The number of benzene rings is 1. The third-order valence-electron chi connectivity index (χ3n) is 3.79. The zero-order chi connectivity index (χ0) is 17.9. The van der Waals surface area contributed by atoms with Crippen LogP contribution in [-0.2, 0) is 0 Å². The maximum Gasteiger partial charge on any atom is 0.277 e. The van der Waals surface area contributed by atoms with Crippen LogP contribution in [-0.4, -0.2) is 35.4 Å². The first-order valence-electron chi connectivity index (χ1n) is 7.96. The van der Waals surface area contributed by atoms with Gasteiger partial charge in [-0.15, -0.1) is 5.10 Å². The third kappa shape index (κ3) is 3.07. The molecule has 0 aliphatic rings. The molecule has 128 valence electrons.